The van der Waals surface area contributed by atoms with E-state index in [0.717, 1.165) is 17.7 Å². The van der Waals surface area contributed by atoms with Crippen molar-refractivity contribution in [3.05, 3.63) is 41.4 Å². The van der Waals surface area contributed by atoms with Gasteiger partial charge in [-0.05, 0) is 36.0 Å². The number of hydrogen-bond donors (Lipinski definition) is 1. The predicted molar refractivity (Wildman–Crippen MR) is 100 cm³/mol. The van der Waals surface area contributed by atoms with E-state index in [2.05, 4.69) is 22.4 Å². The van der Waals surface area contributed by atoms with Gasteiger partial charge in [0.2, 0.25) is 5.91 Å². The van der Waals surface area contributed by atoms with Crippen LogP contribution in [0.2, 0.25) is 0 Å². The van der Waals surface area contributed by atoms with E-state index in [0.29, 0.717) is 17.0 Å². The summed E-state index contributed by atoms with van der Waals surface area (Å²) in [7, 11) is 1.67. The van der Waals surface area contributed by atoms with E-state index >= 15 is 0 Å². The van der Waals surface area contributed by atoms with Gasteiger partial charge in [0.1, 0.15) is 5.75 Å². The van der Waals surface area contributed by atoms with Gasteiger partial charge in [-0.25, -0.2) is 4.98 Å². The van der Waals surface area contributed by atoms with Crippen LogP contribution < -0.4 is 10.1 Å². The van der Waals surface area contributed by atoms with Gasteiger partial charge in [0, 0.05) is 11.6 Å². The number of hydrogen-bond acceptors (Lipinski definition) is 4. The topological polar surface area (TPSA) is 51.2 Å². The molecule has 1 N–H and O–H groups in total. The Hall–Kier alpha value is -1.88. The van der Waals surface area contributed by atoms with Gasteiger partial charge in [-0.15, -0.1) is 11.3 Å². The third-order valence-electron chi connectivity index (χ3n) is 5.90. The van der Waals surface area contributed by atoms with Gasteiger partial charge < -0.3 is 10.1 Å². The Morgan fingerprint density at radius 2 is 2.00 bits per heavy atom. The fourth-order valence-corrected chi connectivity index (χ4v) is 5.02. The van der Waals surface area contributed by atoms with Gasteiger partial charge in [0.15, 0.2) is 5.13 Å². The Morgan fingerprint density at radius 1 is 1.24 bits per heavy atom. The molecule has 2 atom stereocenters. The molecule has 2 fully saturated rings. The van der Waals surface area contributed by atoms with E-state index in [9.17, 15) is 4.79 Å². The molecule has 2 aromatic rings. The minimum Gasteiger partial charge on any atom is -0.497 e. The SMILES string of the molecule is COc1ccc([C@@]2(C(=O)Nc3nccs3)C[C@H]2C2CCCCC2)cc1. The number of nitrogens with one attached hydrogen (secondary N) is 1. The molecule has 1 aromatic heterocycles. The average molecular weight is 356 g/mol. The Bertz CT molecular complexity index is 723. The highest BCUT2D eigenvalue weighted by Crippen LogP contribution is 2.61. The number of anilines is 1. The minimum atomic E-state index is -0.403. The van der Waals surface area contributed by atoms with Crippen molar-refractivity contribution < 1.29 is 9.53 Å². The van der Waals surface area contributed by atoms with E-state index < -0.39 is 5.41 Å². The largest absolute Gasteiger partial charge is 0.497 e. The maximum absolute atomic E-state index is 13.2. The quantitative estimate of drug-likeness (QED) is 0.850. The van der Waals surface area contributed by atoms with Gasteiger partial charge >= 0.3 is 0 Å². The molecular formula is C20H24N2O2S. The molecule has 2 saturated carbocycles. The van der Waals surface area contributed by atoms with Crippen LogP contribution in [0.4, 0.5) is 5.13 Å². The van der Waals surface area contributed by atoms with Crippen molar-refractivity contribution in [3.63, 3.8) is 0 Å². The van der Waals surface area contributed by atoms with Crippen LogP contribution in [0.25, 0.3) is 0 Å². The number of rotatable bonds is 5. The van der Waals surface area contributed by atoms with Crippen molar-refractivity contribution in [2.24, 2.45) is 11.8 Å². The summed E-state index contributed by atoms with van der Waals surface area (Å²) in [4.78, 5) is 17.4. The van der Waals surface area contributed by atoms with E-state index in [1.807, 2.05) is 17.5 Å². The molecule has 25 heavy (non-hydrogen) atoms. The third-order valence-corrected chi connectivity index (χ3v) is 6.59. The van der Waals surface area contributed by atoms with E-state index in [-0.39, 0.29) is 5.91 Å². The highest BCUT2D eigenvalue weighted by atomic mass is 32.1. The lowest BCUT2D eigenvalue weighted by molar-refractivity contribution is -0.119. The molecule has 4 rings (SSSR count). The smallest absolute Gasteiger partial charge is 0.237 e. The zero-order valence-electron chi connectivity index (χ0n) is 14.5. The van der Waals surface area contributed by atoms with Crippen molar-refractivity contribution in [2.75, 3.05) is 12.4 Å². The molecule has 2 aliphatic carbocycles. The van der Waals surface area contributed by atoms with Crippen LogP contribution in [-0.4, -0.2) is 18.0 Å². The number of carbonyl (C=O) groups excluding carboxylic acids is 1. The number of methoxy groups -OCH3 is 1. The summed E-state index contributed by atoms with van der Waals surface area (Å²) in [6.45, 7) is 0. The van der Waals surface area contributed by atoms with Crippen LogP contribution in [0.3, 0.4) is 0 Å². The predicted octanol–water partition coefficient (Wildman–Crippen LogP) is 4.63. The Kier molecular flexibility index (Phi) is 4.50. The van der Waals surface area contributed by atoms with Gasteiger partial charge in [-0.2, -0.15) is 0 Å². The molecule has 2 aliphatic rings. The van der Waals surface area contributed by atoms with Crippen LogP contribution in [0.15, 0.2) is 35.8 Å². The van der Waals surface area contributed by atoms with E-state index in [1.54, 1.807) is 13.3 Å². The van der Waals surface area contributed by atoms with Crippen molar-refractivity contribution in [3.8, 4) is 5.75 Å². The first-order valence-electron chi connectivity index (χ1n) is 9.09. The summed E-state index contributed by atoms with van der Waals surface area (Å²) in [5.41, 5.74) is 0.706. The standard InChI is InChI=1S/C20H24N2O2S/c1-24-16-9-7-15(8-10-16)20(18(23)22-19-21-11-12-25-19)13-17(20)14-5-3-2-4-6-14/h7-12,14,17H,2-6,13H2,1H3,(H,21,22,23)/t17-,20-/m0/s1. The fraction of sp³-hybridized carbons (Fsp3) is 0.500. The van der Waals surface area contributed by atoms with Gasteiger partial charge in [0.25, 0.3) is 0 Å². The molecule has 1 amide bonds. The maximum Gasteiger partial charge on any atom is 0.237 e. The van der Waals surface area contributed by atoms with Crippen LogP contribution in [-0.2, 0) is 10.2 Å². The molecule has 1 aromatic carbocycles. The lowest BCUT2D eigenvalue weighted by Gasteiger charge is -2.25. The van der Waals surface area contributed by atoms with Crippen LogP contribution >= 0.6 is 11.3 Å². The highest BCUT2D eigenvalue weighted by molar-refractivity contribution is 7.13. The molecule has 1 heterocycles. The number of carbonyl (C=O) groups is 1. The Labute approximate surface area is 152 Å². The Morgan fingerprint density at radius 3 is 2.64 bits per heavy atom. The first-order chi connectivity index (χ1) is 12.2. The first kappa shape index (κ1) is 16.6. The molecule has 0 aliphatic heterocycles. The monoisotopic (exact) mass is 356 g/mol. The molecule has 0 saturated heterocycles. The molecule has 0 spiro atoms. The van der Waals surface area contributed by atoms with Crippen LogP contribution in [0, 0.1) is 11.8 Å². The molecule has 5 heteroatoms. The third kappa shape index (κ3) is 3.06. The number of nitrogens with zero attached hydrogens (tertiary/aromatic N) is 1. The first-order valence-corrected chi connectivity index (χ1v) is 9.97. The normalized spacial score (nSPS) is 26.2. The van der Waals surface area contributed by atoms with Gasteiger partial charge in [0.05, 0.1) is 12.5 Å². The number of ether oxygens (including phenoxy) is 1. The fourth-order valence-electron chi connectivity index (χ4n) is 4.50. The number of aromatic nitrogens is 1. The zero-order valence-corrected chi connectivity index (χ0v) is 15.3. The lowest BCUT2D eigenvalue weighted by atomic mass is 9.80. The van der Waals surface area contributed by atoms with Crippen molar-refractivity contribution in [2.45, 2.75) is 43.9 Å². The second-order valence-corrected chi connectivity index (χ2v) is 8.09. The molecule has 4 nitrogen and oxygen atoms in total. The molecule has 0 unspecified atom stereocenters. The van der Waals surface area contributed by atoms with E-state index in [1.165, 1.54) is 43.4 Å². The van der Waals surface area contributed by atoms with Crippen molar-refractivity contribution in [1.82, 2.24) is 4.98 Å². The molecule has 0 bridgehead atoms. The minimum absolute atomic E-state index is 0.100. The molecule has 132 valence electrons. The summed E-state index contributed by atoms with van der Waals surface area (Å²) in [6.07, 6.45) is 9.12. The second kappa shape index (κ2) is 6.79. The summed E-state index contributed by atoms with van der Waals surface area (Å²) in [6, 6.07) is 8.04. The van der Waals surface area contributed by atoms with E-state index in [4.69, 9.17) is 4.74 Å². The number of thiazole rings is 1. The van der Waals surface area contributed by atoms with Gasteiger partial charge in [-0.1, -0.05) is 44.2 Å². The summed E-state index contributed by atoms with van der Waals surface area (Å²) in [5, 5.41) is 5.64. The van der Waals surface area contributed by atoms with Crippen molar-refractivity contribution >= 4 is 22.4 Å². The molecular weight excluding hydrogens is 332 g/mol. The summed E-state index contributed by atoms with van der Waals surface area (Å²) >= 11 is 1.47. The zero-order chi connectivity index (χ0) is 17.3. The maximum atomic E-state index is 13.2. The van der Waals surface area contributed by atoms with Crippen molar-refractivity contribution in [1.29, 1.82) is 0 Å². The summed E-state index contributed by atoms with van der Waals surface area (Å²) < 4.78 is 5.28. The highest BCUT2D eigenvalue weighted by Gasteiger charge is 2.63. The second-order valence-electron chi connectivity index (χ2n) is 7.20. The molecule has 0 radical (unpaired) electrons. The lowest BCUT2D eigenvalue weighted by Crippen LogP contribution is -2.32. The number of amides is 1. The average Bonchev–Trinajstić information content (AvgIpc) is 3.24. The summed E-state index contributed by atoms with van der Waals surface area (Å²) in [5.74, 6) is 2.04. The van der Waals surface area contributed by atoms with Crippen LogP contribution in [0.1, 0.15) is 44.1 Å². The Balaban J connectivity index is 1.62. The van der Waals surface area contributed by atoms with Crippen LogP contribution in [0.5, 0.6) is 5.75 Å². The number of benzene rings is 1. The van der Waals surface area contributed by atoms with Gasteiger partial charge in [-0.3, -0.25) is 4.79 Å².